The lowest BCUT2D eigenvalue weighted by Crippen LogP contribution is -2.43. The molecule has 3 heterocycles. The predicted molar refractivity (Wildman–Crippen MR) is 122 cm³/mol. The first kappa shape index (κ1) is 22.3. The van der Waals surface area contributed by atoms with Crippen LogP contribution in [0.5, 0.6) is 0 Å². The van der Waals surface area contributed by atoms with E-state index in [-0.39, 0.29) is 35.5 Å². The highest BCUT2D eigenvalue weighted by Gasteiger charge is 2.40. The summed E-state index contributed by atoms with van der Waals surface area (Å²) in [5, 5.41) is 2.77. The minimum atomic E-state index is -0.846. The molecule has 1 aliphatic heterocycles. The number of ether oxygens (including phenoxy) is 1. The molecule has 1 amide bonds. The summed E-state index contributed by atoms with van der Waals surface area (Å²) < 4.78 is 34.8. The van der Waals surface area contributed by atoms with Crippen molar-refractivity contribution in [1.82, 2.24) is 15.0 Å². The van der Waals surface area contributed by atoms with Crippen LogP contribution in [0.3, 0.4) is 0 Å². The van der Waals surface area contributed by atoms with Gasteiger partial charge in [-0.2, -0.15) is 0 Å². The summed E-state index contributed by atoms with van der Waals surface area (Å²) in [6.45, 7) is 0. The van der Waals surface area contributed by atoms with Crippen LogP contribution < -0.4 is 16.8 Å². The van der Waals surface area contributed by atoms with Crippen molar-refractivity contribution >= 4 is 17.3 Å². The Morgan fingerprint density at radius 3 is 2.74 bits per heavy atom. The van der Waals surface area contributed by atoms with E-state index in [1.165, 1.54) is 12.3 Å². The first-order chi connectivity index (χ1) is 16.4. The predicted octanol–water partition coefficient (Wildman–Crippen LogP) is 3.61. The van der Waals surface area contributed by atoms with Crippen molar-refractivity contribution in [2.75, 3.05) is 11.1 Å². The number of nitrogens with zero attached hydrogens (tertiary/aromatic N) is 3. The van der Waals surface area contributed by atoms with E-state index in [2.05, 4.69) is 20.3 Å². The van der Waals surface area contributed by atoms with Crippen LogP contribution in [0.4, 0.5) is 20.2 Å². The van der Waals surface area contributed by atoms with Gasteiger partial charge in [-0.25, -0.2) is 18.7 Å². The topological polar surface area (TPSA) is 129 Å². The fraction of sp³-hybridized carbons (Fsp3) is 0.333. The Morgan fingerprint density at radius 2 is 1.94 bits per heavy atom. The Kier molecular flexibility index (Phi) is 5.93. The number of benzene rings is 1. The van der Waals surface area contributed by atoms with Crippen molar-refractivity contribution in [1.29, 1.82) is 0 Å². The highest BCUT2D eigenvalue weighted by atomic mass is 19.1. The van der Waals surface area contributed by atoms with E-state index in [1.807, 2.05) is 0 Å². The van der Waals surface area contributed by atoms with Crippen molar-refractivity contribution in [2.45, 2.75) is 43.9 Å². The van der Waals surface area contributed by atoms with E-state index in [0.29, 0.717) is 18.0 Å². The summed E-state index contributed by atoms with van der Waals surface area (Å²) >= 11 is 0. The van der Waals surface area contributed by atoms with Gasteiger partial charge in [0, 0.05) is 23.7 Å². The Hall–Kier alpha value is -3.50. The average Bonchev–Trinajstić information content (AvgIpc) is 3.30. The molecule has 0 radical (unpaired) electrons. The third-order valence-electron chi connectivity index (χ3n) is 6.55. The van der Waals surface area contributed by atoms with Crippen LogP contribution in [0.15, 0.2) is 42.9 Å². The Morgan fingerprint density at radius 1 is 1.15 bits per heavy atom. The third kappa shape index (κ3) is 4.10. The number of carbonyl (C=O) groups excluding carboxylic acids is 1. The van der Waals surface area contributed by atoms with Crippen LogP contribution in [0, 0.1) is 17.6 Å². The molecule has 2 aromatic heterocycles. The van der Waals surface area contributed by atoms with Crippen molar-refractivity contribution < 1.29 is 18.3 Å². The lowest BCUT2D eigenvalue weighted by molar-refractivity contribution is -0.0800. The second-order valence-corrected chi connectivity index (χ2v) is 8.67. The van der Waals surface area contributed by atoms with Crippen molar-refractivity contribution in [3.05, 3.63) is 65.7 Å². The summed E-state index contributed by atoms with van der Waals surface area (Å²) in [6.07, 6.45) is 7.84. The Bertz CT molecular complexity index is 1220. The van der Waals surface area contributed by atoms with Gasteiger partial charge in [-0.3, -0.25) is 9.78 Å². The van der Waals surface area contributed by atoms with Crippen LogP contribution in [0.25, 0.3) is 11.4 Å². The molecule has 4 atom stereocenters. The first-order valence-electron chi connectivity index (χ1n) is 11.2. The van der Waals surface area contributed by atoms with Crippen molar-refractivity contribution in [2.24, 2.45) is 11.7 Å². The number of nitrogen functional groups attached to an aromatic ring is 1. The normalized spacial score (nSPS) is 24.0. The minimum absolute atomic E-state index is 0.0127. The highest BCUT2D eigenvalue weighted by molar-refractivity contribution is 6.06. The largest absolute Gasteiger partial charge is 0.396 e. The molecular weight excluding hydrogens is 442 g/mol. The van der Waals surface area contributed by atoms with Gasteiger partial charge in [0.25, 0.3) is 5.91 Å². The van der Waals surface area contributed by atoms with Crippen LogP contribution in [0.1, 0.15) is 47.8 Å². The number of pyridine rings is 1. The smallest absolute Gasteiger partial charge is 0.276 e. The molecule has 3 aromatic rings. The number of hydrogen-bond acceptors (Lipinski definition) is 7. The lowest BCUT2D eigenvalue weighted by atomic mass is 9.87. The molecule has 2 aliphatic rings. The molecule has 0 bridgehead atoms. The molecule has 1 saturated heterocycles. The molecule has 0 spiro atoms. The van der Waals surface area contributed by atoms with Gasteiger partial charge in [-0.1, -0.05) is 12.5 Å². The van der Waals surface area contributed by atoms with Gasteiger partial charge >= 0.3 is 0 Å². The summed E-state index contributed by atoms with van der Waals surface area (Å²) in [7, 11) is 0. The Labute approximate surface area is 194 Å². The van der Waals surface area contributed by atoms with Gasteiger partial charge in [0.05, 0.1) is 41.5 Å². The van der Waals surface area contributed by atoms with Crippen molar-refractivity contribution in [3.63, 3.8) is 0 Å². The molecule has 10 heteroatoms. The number of hydrogen-bond donors (Lipinski definition) is 3. The number of carbonyl (C=O) groups is 1. The Balaban J connectivity index is 1.43. The second kappa shape index (κ2) is 9.03. The SMILES string of the molecule is Nc1cnc(-c2c(F)cccc2F)nc1C(=O)Nc1cnccc1C1CC(N)C2CCCC2O1. The third-order valence-corrected chi connectivity index (χ3v) is 6.55. The minimum Gasteiger partial charge on any atom is -0.396 e. The van der Waals surface area contributed by atoms with Crippen LogP contribution >= 0.6 is 0 Å². The fourth-order valence-electron chi connectivity index (χ4n) is 4.88. The van der Waals surface area contributed by atoms with Crippen LogP contribution in [-0.4, -0.2) is 33.0 Å². The maximum atomic E-state index is 14.2. The highest BCUT2D eigenvalue weighted by Crippen LogP contribution is 2.43. The molecule has 34 heavy (non-hydrogen) atoms. The van der Waals surface area contributed by atoms with E-state index in [4.69, 9.17) is 16.2 Å². The number of aromatic nitrogens is 3. The number of rotatable bonds is 4. The standard InChI is InChI=1S/C24H24F2N6O2/c25-14-4-2-5-15(26)21(14)23-30-10-17(28)22(32-23)24(33)31-18-11-29-8-7-13(18)20-9-16(27)12-3-1-6-19(12)34-20/h2,4-5,7-8,10-12,16,19-20H,1,3,6,9,27-28H2,(H,31,33). The van der Waals surface area contributed by atoms with Gasteiger partial charge in [0.1, 0.15) is 11.6 Å². The molecule has 8 nitrogen and oxygen atoms in total. The zero-order chi connectivity index (χ0) is 23.8. The van der Waals surface area contributed by atoms with E-state index in [0.717, 1.165) is 43.2 Å². The molecule has 1 aromatic carbocycles. The summed E-state index contributed by atoms with van der Waals surface area (Å²) in [6, 6.07) is 5.20. The van der Waals surface area contributed by atoms with Gasteiger partial charge in [0.15, 0.2) is 11.5 Å². The maximum Gasteiger partial charge on any atom is 0.276 e. The van der Waals surface area contributed by atoms with Crippen LogP contribution in [0.2, 0.25) is 0 Å². The second-order valence-electron chi connectivity index (χ2n) is 8.67. The maximum absolute atomic E-state index is 14.2. The zero-order valence-corrected chi connectivity index (χ0v) is 18.2. The van der Waals surface area contributed by atoms with Gasteiger partial charge < -0.3 is 21.5 Å². The number of halogens is 2. The van der Waals surface area contributed by atoms with Gasteiger partial charge in [-0.05, 0) is 37.5 Å². The number of anilines is 2. The lowest BCUT2D eigenvalue weighted by Gasteiger charge is -2.37. The molecule has 5 N–H and O–H groups in total. The molecular formula is C24H24F2N6O2. The van der Waals surface area contributed by atoms with E-state index < -0.39 is 23.1 Å². The van der Waals surface area contributed by atoms with E-state index in [9.17, 15) is 13.6 Å². The molecule has 5 rings (SSSR count). The van der Waals surface area contributed by atoms with Crippen LogP contribution in [-0.2, 0) is 4.74 Å². The fourth-order valence-corrected chi connectivity index (χ4v) is 4.88. The molecule has 1 aliphatic carbocycles. The summed E-state index contributed by atoms with van der Waals surface area (Å²) in [5.74, 6) is -2.28. The molecule has 2 fully saturated rings. The zero-order valence-electron chi connectivity index (χ0n) is 18.2. The molecule has 1 saturated carbocycles. The molecule has 4 unspecified atom stereocenters. The number of fused-ring (bicyclic) bond motifs is 1. The number of nitrogens with two attached hydrogens (primary N) is 2. The quantitative estimate of drug-likeness (QED) is 0.536. The van der Waals surface area contributed by atoms with Crippen molar-refractivity contribution in [3.8, 4) is 11.4 Å². The molecule has 176 valence electrons. The van der Waals surface area contributed by atoms with Gasteiger partial charge in [-0.15, -0.1) is 0 Å². The average molecular weight is 466 g/mol. The first-order valence-corrected chi connectivity index (χ1v) is 11.2. The summed E-state index contributed by atoms with van der Waals surface area (Å²) in [5.41, 5.74) is 12.9. The van der Waals surface area contributed by atoms with Gasteiger partial charge in [0.2, 0.25) is 0 Å². The van der Waals surface area contributed by atoms with E-state index in [1.54, 1.807) is 12.3 Å². The monoisotopic (exact) mass is 466 g/mol. The number of nitrogens with one attached hydrogen (secondary N) is 1. The van der Waals surface area contributed by atoms with E-state index >= 15 is 0 Å². The number of amides is 1. The summed E-state index contributed by atoms with van der Waals surface area (Å²) in [4.78, 5) is 25.2.